The first-order valence-corrected chi connectivity index (χ1v) is 7.57. The van der Waals surface area contributed by atoms with Gasteiger partial charge in [0.25, 0.3) is 0 Å². The Morgan fingerprint density at radius 1 is 1.63 bits per heavy atom. The Balaban J connectivity index is 2.45. The molecule has 0 aliphatic heterocycles. The van der Waals surface area contributed by atoms with E-state index >= 15 is 0 Å². The topological polar surface area (TPSA) is 79.2 Å². The van der Waals surface area contributed by atoms with Crippen LogP contribution >= 0.6 is 23.1 Å². The number of carbonyl (C=O) groups is 2. The largest absolute Gasteiger partial charge is 0.465 e. The molecule has 1 aromatic rings. The van der Waals surface area contributed by atoms with E-state index in [-0.39, 0.29) is 17.6 Å². The Bertz CT molecular complexity index is 493. The summed E-state index contributed by atoms with van der Waals surface area (Å²) >= 11 is 2.50. The molecule has 0 bridgehead atoms. The molecule has 0 fully saturated rings. The molecular formula is C12H14N2O3S2. The number of thiophene rings is 1. The first kappa shape index (κ1) is 15.5. The number of nitriles is 1. The molecule has 5 nitrogen and oxygen atoms in total. The molecule has 0 aliphatic carbocycles. The fraction of sp³-hybridized carbons (Fsp3) is 0.417. The lowest BCUT2D eigenvalue weighted by Crippen LogP contribution is -2.24. The van der Waals surface area contributed by atoms with E-state index in [2.05, 4.69) is 5.32 Å². The van der Waals surface area contributed by atoms with Crippen molar-refractivity contribution in [1.82, 2.24) is 0 Å². The van der Waals surface area contributed by atoms with Crippen molar-refractivity contribution in [2.75, 3.05) is 17.7 Å². The standard InChI is InChI=1S/C12H14N2O3S2/c1-3-17-10(15)7-19-8(2)11(16)14-12-9(6-13)4-5-18-12/h4-5,8H,3,7H2,1-2H3,(H,14,16)/t8-/m1/s1. The normalized spacial score (nSPS) is 11.4. The van der Waals surface area contributed by atoms with E-state index in [1.807, 2.05) is 6.07 Å². The van der Waals surface area contributed by atoms with Crippen LogP contribution in [0.25, 0.3) is 0 Å². The molecule has 0 aromatic carbocycles. The second kappa shape index (κ2) is 7.81. The third-order valence-corrected chi connectivity index (χ3v) is 4.09. The fourth-order valence-corrected chi connectivity index (χ4v) is 2.60. The maximum Gasteiger partial charge on any atom is 0.315 e. The average molecular weight is 298 g/mol. The van der Waals surface area contributed by atoms with Gasteiger partial charge in [0.2, 0.25) is 5.91 Å². The Morgan fingerprint density at radius 2 is 2.37 bits per heavy atom. The highest BCUT2D eigenvalue weighted by atomic mass is 32.2. The van der Waals surface area contributed by atoms with E-state index in [9.17, 15) is 9.59 Å². The van der Waals surface area contributed by atoms with Crippen LogP contribution < -0.4 is 5.32 Å². The Kier molecular flexibility index (Phi) is 6.39. The molecule has 1 N–H and O–H groups in total. The van der Waals surface area contributed by atoms with Crippen LogP contribution in [0.15, 0.2) is 11.4 Å². The van der Waals surface area contributed by atoms with Gasteiger partial charge in [0.1, 0.15) is 11.1 Å². The number of carbonyl (C=O) groups excluding carboxylic acids is 2. The summed E-state index contributed by atoms with van der Waals surface area (Å²) in [5, 5.41) is 13.4. The smallest absolute Gasteiger partial charge is 0.315 e. The molecule has 1 rings (SSSR count). The van der Waals surface area contributed by atoms with Crippen LogP contribution in [-0.4, -0.2) is 29.5 Å². The highest BCUT2D eigenvalue weighted by molar-refractivity contribution is 8.01. The summed E-state index contributed by atoms with van der Waals surface area (Å²) < 4.78 is 4.78. The molecule has 0 spiro atoms. The molecule has 0 saturated carbocycles. The van der Waals surface area contributed by atoms with Gasteiger partial charge in [-0.05, 0) is 25.3 Å². The minimum atomic E-state index is -0.391. The van der Waals surface area contributed by atoms with Gasteiger partial charge >= 0.3 is 5.97 Å². The van der Waals surface area contributed by atoms with Gasteiger partial charge < -0.3 is 10.1 Å². The van der Waals surface area contributed by atoms with Crippen molar-refractivity contribution in [3.63, 3.8) is 0 Å². The Hall–Kier alpha value is -1.52. The number of esters is 1. The van der Waals surface area contributed by atoms with E-state index < -0.39 is 5.25 Å². The number of anilines is 1. The summed E-state index contributed by atoms with van der Waals surface area (Å²) in [7, 11) is 0. The molecule has 0 radical (unpaired) electrons. The Labute approximate surface area is 119 Å². The number of amides is 1. The van der Waals surface area contributed by atoms with Gasteiger partial charge in [-0.1, -0.05) is 0 Å². The zero-order valence-corrected chi connectivity index (χ0v) is 12.3. The molecule has 0 unspecified atom stereocenters. The van der Waals surface area contributed by atoms with Gasteiger partial charge in [-0.15, -0.1) is 23.1 Å². The molecule has 0 aliphatic rings. The monoisotopic (exact) mass is 298 g/mol. The van der Waals surface area contributed by atoms with E-state index in [4.69, 9.17) is 10.00 Å². The van der Waals surface area contributed by atoms with Crippen molar-refractivity contribution in [1.29, 1.82) is 5.26 Å². The van der Waals surface area contributed by atoms with Gasteiger partial charge in [-0.3, -0.25) is 9.59 Å². The number of thioether (sulfide) groups is 1. The van der Waals surface area contributed by atoms with Crippen LogP contribution in [-0.2, 0) is 14.3 Å². The van der Waals surface area contributed by atoms with Crippen molar-refractivity contribution in [2.45, 2.75) is 19.1 Å². The molecule has 1 aromatic heterocycles. The maximum absolute atomic E-state index is 11.9. The second-order valence-corrected chi connectivity index (χ2v) is 5.77. The summed E-state index contributed by atoms with van der Waals surface area (Å²) in [5.41, 5.74) is 0.445. The zero-order valence-electron chi connectivity index (χ0n) is 10.6. The maximum atomic E-state index is 11.9. The van der Waals surface area contributed by atoms with Crippen molar-refractivity contribution >= 4 is 40.0 Å². The van der Waals surface area contributed by atoms with Crippen molar-refractivity contribution in [3.8, 4) is 6.07 Å². The number of hydrogen-bond acceptors (Lipinski definition) is 6. The predicted molar refractivity (Wildman–Crippen MR) is 76.2 cm³/mol. The van der Waals surface area contributed by atoms with E-state index in [0.29, 0.717) is 17.2 Å². The molecule has 102 valence electrons. The summed E-state index contributed by atoms with van der Waals surface area (Å²) in [6.07, 6.45) is 0. The van der Waals surface area contributed by atoms with E-state index in [1.54, 1.807) is 25.3 Å². The quantitative estimate of drug-likeness (QED) is 0.815. The number of ether oxygens (including phenoxy) is 1. The highest BCUT2D eigenvalue weighted by Crippen LogP contribution is 2.23. The minimum Gasteiger partial charge on any atom is -0.465 e. The number of nitrogens with one attached hydrogen (secondary N) is 1. The summed E-state index contributed by atoms with van der Waals surface area (Å²) in [4.78, 5) is 23.0. The van der Waals surface area contributed by atoms with Crippen LogP contribution in [0.2, 0.25) is 0 Å². The number of nitrogens with zero attached hydrogens (tertiary/aromatic N) is 1. The second-order valence-electron chi connectivity index (χ2n) is 3.52. The van der Waals surface area contributed by atoms with Crippen molar-refractivity contribution in [2.24, 2.45) is 0 Å². The van der Waals surface area contributed by atoms with Crippen LogP contribution in [0.5, 0.6) is 0 Å². The molecule has 19 heavy (non-hydrogen) atoms. The first-order chi connectivity index (χ1) is 9.08. The summed E-state index contributed by atoms with van der Waals surface area (Å²) in [5.74, 6) is -0.424. The van der Waals surface area contributed by atoms with Crippen LogP contribution in [0, 0.1) is 11.3 Å². The van der Waals surface area contributed by atoms with E-state index in [1.165, 1.54) is 23.1 Å². The number of rotatable bonds is 6. The van der Waals surface area contributed by atoms with Gasteiger partial charge in [0, 0.05) is 0 Å². The zero-order chi connectivity index (χ0) is 14.3. The molecular weight excluding hydrogens is 284 g/mol. The number of hydrogen-bond donors (Lipinski definition) is 1. The van der Waals surface area contributed by atoms with Gasteiger partial charge in [-0.2, -0.15) is 5.26 Å². The molecule has 0 saturated heterocycles. The lowest BCUT2D eigenvalue weighted by molar-refractivity contribution is -0.139. The van der Waals surface area contributed by atoms with Crippen molar-refractivity contribution < 1.29 is 14.3 Å². The third-order valence-electron chi connectivity index (χ3n) is 2.15. The Morgan fingerprint density at radius 3 is 3.00 bits per heavy atom. The van der Waals surface area contributed by atoms with Gasteiger partial charge in [0.15, 0.2) is 0 Å². The summed E-state index contributed by atoms with van der Waals surface area (Å²) in [6.45, 7) is 3.78. The lowest BCUT2D eigenvalue weighted by Gasteiger charge is -2.10. The van der Waals surface area contributed by atoms with E-state index in [0.717, 1.165) is 0 Å². The van der Waals surface area contributed by atoms with Gasteiger partial charge in [-0.25, -0.2) is 0 Å². The van der Waals surface area contributed by atoms with Crippen LogP contribution in [0.4, 0.5) is 5.00 Å². The van der Waals surface area contributed by atoms with Crippen LogP contribution in [0.3, 0.4) is 0 Å². The fourth-order valence-electron chi connectivity index (χ4n) is 1.18. The minimum absolute atomic E-state index is 0.137. The van der Waals surface area contributed by atoms with Crippen LogP contribution in [0.1, 0.15) is 19.4 Å². The average Bonchev–Trinajstić information content (AvgIpc) is 2.83. The highest BCUT2D eigenvalue weighted by Gasteiger charge is 2.17. The molecule has 1 heterocycles. The third kappa shape index (κ3) is 4.93. The van der Waals surface area contributed by atoms with Gasteiger partial charge in [0.05, 0.1) is 23.2 Å². The molecule has 1 amide bonds. The molecule has 7 heteroatoms. The lowest BCUT2D eigenvalue weighted by atomic mass is 10.3. The summed E-state index contributed by atoms with van der Waals surface area (Å²) in [6, 6.07) is 3.65. The predicted octanol–water partition coefficient (Wildman–Crippen LogP) is 2.24. The molecule has 1 atom stereocenters. The van der Waals surface area contributed by atoms with Crippen molar-refractivity contribution in [3.05, 3.63) is 17.0 Å². The first-order valence-electron chi connectivity index (χ1n) is 5.64. The SMILES string of the molecule is CCOC(=O)CS[C@H](C)C(=O)Nc1sccc1C#N.